The number of methoxy groups -OCH3 is 1. The Labute approximate surface area is 188 Å². The number of carbonyl (C=O) groups excluding carboxylic acids is 1. The zero-order chi connectivity index (χ0) is 22.3. The first-order valence-corrected chi connectivity index (χ1v) is 10.8. The maximum Gasteiger partial charge on any atom is 0.287 e. The molecule has 0 saturated carbocycles. The third-order valence-electron chi connectivity index (χ3n) is 5.60. The fourth-order valence-corrected chi connectivity index (χ4v) is 3.74. The van der Waals surface area contributed by atoms with Crippen LogP contribution in [-0.2, 0) is 13.2 Å². The number of nitrogens with zero attached hydrogens (tertiary/aromatic N) is 2. The van der Waals surface area contributed by atoms with E-state index in [2.05, 4.69) is 34.3 Å². The number of carbonyl (C=O) groups is 1. The Hall–Kier alpha value is -3.45. The minimum Gasteiger partial charge on any atom is -0.493 e. The van der Waals surface area contributed by atoms with Gasteiger partial charge in [-0.2, -0.15) is 0 Å². The van der Waals surface area contributed by atoms with Gasteiger partial charge in [-0.25, -0.2) is 0 Å². The Kier molecular flexibility index (Phi) is 6.97. The molecule has 7 nitrogen and oxygen atoms in total. The Morgan fingerprint density at radius 2 is 1.69 bits per heavy atom. The van der Waals surface area contributed by atoms with Crippen molar-refractivity contribution in [1.29, 1.82) is 0 Å². The summed E-state index contributed by atoms with van der Waals surface area (Å²) in [7, 11) is 3.74. The van der Waals surface area contributed by atoms with E-state index in [4.69, 9.17) is 13.9 Å². The monoisotopic (exact) mass is 435 g/mol. The Balaban J connectivity index is 1.34. The Bertz CT molecular complexity index is 1040. The number of para-hydroxylation sites is 3. The van der Waals surface area contributed by atoms with Crippen LogP contribution in [0.25, 0.3) is 0 Å². The minimum absolute atomic E-state index is 0.208. The van der Waals surface area contributed by atoms with Crippen molar-refractivity contribution in [2.45, 2.75) is 13.2 Å². The number of rotatable bonds is 8. The van der Waals surface area contributed by atoms with Crippen LogP contribution < -0.4 is 19.7 Å². The molecular formula is C25H29N3O4. The van der Waals surface area contributed by atoms with Crippen molar-refractivity contribution >= 4 is 11.6 Å². The van der Waals surface area contributed by atoms with Crippen molar-refractivity contribution < 1.29 is 18.7 Å². The summed E-state index contributed by atoms with van der Waals surface area (Å²) in [5, 5.41) is 2.98. The van der Waals surface area contributed by atoms with Gasteiger partial charge in [0.2, 0.25) is 0 Å². The molecule has 0 atom stereocenters. The van der Waals surface area contributed by atoms with Crippen molar-refractivity contribution in [2.75, 3.05) is 45.2 Å². The molecule has 32 heavy (non-hydrogen) atoms. The van der Waals surface area contributed by atoms with E-state index >= 15 is 0 Å². The first-order chi connectivity index (χ1) is 15.6. The molecule has 168 valence electrons. The third kappa shape index (κ3) is 5.23. The van der Waals surface area contributed by atoms with E-state index in [0.717, 1.165) is 31.7 Å². The summed E-state index contributed by atoms with van der Waals surface area (Å²) in [4.78, 5) is 17.4. The quantitative estimate of drug-likeness (QED) is 0.584. The molecular weight excluding hydrogens is 406 g/mol. The van der Waals surface area contributed by atoms with Gasteiger partial charge in [-0.1, -0.05) is 30.3 Å². The lowest BCUT2D eigenvalue weighted by atomic mass is 10.1. The van der Waals surface area contributed by atoms with Crippen LogP contribution in [-0.4, -0.2) is 51.1 Å². The molecule has 1 fully saturated rings. The van der Waals surface area contributed by atoms with E-state index in [-0.39, 0.29) is 18.3 Å². The van der Waals surface area contributed by atoms with Crippen LogP contribution >= 0.6 is 0 Å². The summed E-state index contributed by atoms with van der Waals surface area (Å²) < 4.78 is 16.7. The molecule has 3 aromatic rings. The number of hydrogen-bond acceptors (Lipinski definition) is 6. The van der Waals surface area contributed by atoms with Crippen LogP contribution in [0.5, 0.6) is 11.5 Å². The fraction of sp³-hybridized carbons (Fsp3) is 0.320. The number of amides is 1. The van der Waals surface area contributed by atoms with Gasteiger partial charge in [0.1, 0.15) is 12.4 Å². The van der Waals surface area contributed by atoms with E-state index in [1.807, 2.05) is 36.4 Å². The summed E-state index contributed by atoms with van der Waals surface area (Å²) in [5.41, 5.74) is 2.27. The van der Waals surface area contributed by atoms with Gasteiger partial charge in [0.15, 0.2) is 17.3 Å². The second kappa shape index (κ2) is 10.2. The minimum atomic E-state index is -0.248. The molecule has 0 spiro atoms. The summed E-state index contributed by atoms with van der Waals surface area (Å²) in [6.07, 6.45) is 0. The predicted molar refractivity (Wildman–Crippen MR) is 123 cm³/mol. The van der Waals surface area contributed by atoms with Crippen LogP contribution in [0.2, 0.25) is 0 Å². The number of furan rings is 1. The van der Waals surface area contributed by atoms with Gasteiger partial charge in [0, 0.05) is 38.4 Å². The van der Waals surface area contributed by atoms with Crippen molar-refractivity contribution in [3.05, 3.63) is 77.7 Å². The van der Waals surface area contributed by atoms with Crippen molar-refractivity contribution in [1.82, 2.24) is 10.2 Å². The number of benzene rings is 2. The molecule has 0 unspecified atom stereocenters. The molecule has 2 aromatic carbocycles. The molecule has 7 heteroatoms. The molecule has 1 aromatic heterocycles. The van der Waals surface area contributed by atoms with Gasteiger partial charge in [0.05, 0.1) is 7.11 Å². The zero-order valence-electron chi connectivity index (χ0n) is 18.5. The second-order valence-electron chi connectivity index (χ2n) is 7.81. The SMILES string of the molecule is COc1ccccc1OCc1ccc(C(=O)NCc2ccccc2N2CCN(C)CC2)o1. The van der Waals surface area contributed by atoms with E-state index in [9.17, 15) is 4.79 Å². The van der Waals surface area contributed by atoms with Crippen molar-refractivity contribution in [3.63, 3.8) is 0 Å². The topological polar surface area (TPSA) is 67.2 Å². The molecule has 1 saturated heterocycles. The first kappa shape index (κ1) is 21.8. The standard InChI is InChI=1S/C25H29N3O4/c1-27-13-15-28(16-14-27)21-8-4-3-7-19(21)17-26-25(29)24-12-11-20(32-24)18-31-23-10-6-5-9-22(23)30-2/h3-12H,13-18H2,1-2H3,(H,26,29). The fourth-order valence-electron chi connectivity index (χ4n) is 3.74. The van der Waals surface area contributed by atoms with E-state index in [0.29, 0.717) is 23.8 Å². The second-order valence-corrected chi connectivity index (χ2v) is 7.81. The lowest BCUT2D eigenvalue weighted by Crippen LogP contribution is -2.45. The molecule has 0 aliphatic carbocycles. The number of anilines is 1. The molecule has 4 rings (SSSR count). The summed E-state index contributed by atoms with van der Waals surface area (Å²) in [6, 6.07) is 19.0. The first-order valence-electron chi connectivity index (χ1n) is 10.8. The lowest BCUT2D eigenvalue weighted by molar-refractivity contribution is 0.0919. The van der Waals surface area contributed by atoms with E-state index in [1.165, 1.54) is 5.69 Å². The van der Waals surface area contributed by atoms with Gasteiger partial charge in [-0.15, -0.1) is 0 Å². The van der Waals surface area contributed by atoms with Crippen molar-refractivity contribution in [3.8, 4) is 11.5 Å². The van der Waals surface area contributed by atoms with Gasteiger partial charge >= 0.3 is 0 Å². The molecule has 0 bridgehead atoms. The Morgan fingerprint density at radius 3 is 2.47 bits per heavy atom. The van der Waals surface area contributed by atoms with Crippen LogP contribution in [0.15, 0.2) is 65.1 Å². The average Bonchev–Trinajstić information content (AvgIpc) is 3.31. The van der Waals surface area contributed by atoms with Crippen LogP contribution in [0.3, 0.4) is 0 Å². The predicted octanol–water partition coefficient (Wildman–Crippen LogP) is 3.55. The van der Waals surface area contributed by atoms with E-state index in [1.54, 1.807) is 19.2 Å². The third-order valence-corrected chi connectivity index (χ3v) is 5.60. The van der Waals surface area contributed by atoms with Gasteiger partial charge < -0.3 is 29.0 Å². The summed E-state index contributed by atoms with van der Waals surface area (Å²) in [6.45, 7) is 4.68. The van der Waals surface area contributed by atoms with Gasteiger partial charge in [-0.05, 0) is 42.9 Å². The number of hydrogen-bond donors (Lipinski definition) is 1. The highest BCUT2D eigenvalue weighted by Crippen LogP contribution is 2.27. The summed E-state index contributed by atoms with van der Waals surface area (Å²) in [5.74, 6) is 1.86. The van der Waals surface area contributed by atoms with Gasteiger partial charge in [-0.3, -0.25) is 4.79 Å². The molecule has 1 aliphatic rings. The highest BCUT2D eigenvalue weighted by atomic mass is 16.5. The number of likely N-dealkylation sites (N-methyl/N-ethyl adjacent to an activating group) is 1. The highest BCUT2D eigenvalue weighted by molar-refractivity contribution is 5.91. The Morgan fingerprint density at radius 1 is 0.969 bits per heavy atom. The lowest BCUT2D eigenvalue weighted by Gasteiger charge is -2.35. The zero-order valence-corrected chi connectivity index (χ0v) is 18.5. The average molecular weight is 436 g/mol. The van der Waals surface area contributed by atoms with Crippen LogP contribution in [0, 0.1) is 0 Å². The number of ether oxygens (including phenoxy) is 2. The molecule has 1 aliphatic heterocycles. The number of nitrogens with one attached hydrogen (secondary N) is 1. The molecule has 2 heterocycles. The number of piperazine rings is 1. The normalized spacial score (nSPS) is 14.2. The summed E-state index contributed by atoms with van der Waals surface area (Å²) >= 11 is 0. The van der Waals surface area contributed by atoms with Crippen LogP contribution in [0.4, 0.5) is 5.69 Å². The van der Waals surface area contributed by atoms with E-state index < -0.39 is 0 Å². The smallest absolute Gasteiger partial charge is 0.287 e. The molecule has 1 amide bonds. The molecule has 1 N–H and O–H groups in total. The van der Waals surface area contributed by atoms with Crippen molar-refractivity contribution in [2.24, 2.45) is 0 Å². The molecule has 0 radical (unpaired) electrons. The van der Waals surface area contributed by atoms with Crippen LogP contribution in [0.1, 0.15) is 21.9 Å². The maximum absolute atomic E-state index is 12.7. The maximum atomic E-state index is 12.7. The largest absolute Gasteiger partial charge is 0.493 e. The van der Waals surface area contributed by atoms with Gasteiger partial charge in [0.25, 0.3) is 5.91 Å². The highest BCUT2D eigenvalue weighted by Gasteiger charge is 2.18.